The van der Waals surface area contributed by atoms with Crippen molar-refractivity contribution in [3.05, 3.63) is 24.3 Å². The van der Waals surface area contributed by atoms with E-state index in [1.807, 2.05) is 0 Å². The van der Waals surface area contributed by atoms with Gasteiger partial charge in [0.15, 0.2) is 0 Å². The largest absolute Gasteiger partial charge is 1.00 e. The van der Waals surface area contributed by atoms with Crippen LogP contribution in [-0.2, 0) is 20.2 Å². The maximum atomic E-state index is 11.7. The van der Waals surface area contributed by atoms with Gasteiger partial charge < -0.3 is 19.9 Å². The maximum Gasteiger partial charge on any atom is 1.00 e. The molecule has 0 aliphatic heterocycles. The molecule has 0 saturated heterocycles. The molecule has 0 amide bonds. The molecule has 0 unspecified atom stereocenters. The second-order valence-corrected chi connectivity index (χ2v) is 6.57. The fourth-order valence-corrected chi connectivity index (χ4v) is 3.24. The van der Waals surface area contributed by atoms with Crippen LogP contribution in [0.25, 0.3) is 10.8 Å². The molecule has 2 rings (SSSR count). The Hall–Kier alpha value is 1.76. The van der Waals surface area contributed by atoms with E-state index < -0.39 is 46.9 Å². The quantitative estimate of drug-likeness (QED) is 0.294. The number of anilines is 1. The minimum atomic E-state index is -5.14. The molecule has 2 aromatic rings. The van der Waals surface area contributed by atoms with E-state index in [2.05, 4.69) is 0 Å². The van der Waals surface area contributed by atoms with Gasteiger partial charge in [0, 0.05) is 5.39 Å². The topological polar surface area (TPSA) is 163 Å². The molecule has 23 heavy (non-hydrogen) atoms. The van der Waals surface area contributed by atoms with Crippen LogP contribution in [0, 0.1) is 0 Å². The summed E-state index contributed by atoms with van der Waals surface area (Å²) in [6.45, 7) is 0. The molecule has 0 aliphatic rings. The smallest absolute Gasteiger partial charge is 0.872 e. The third-order valence-electron chi connectivity index (χ3n) is 2.63. The van der Waals surface area contributed by atoms with Gasteiger partial charge in [0.05, 0.1) is 15.5 Å². The first-order valence-electron chi connectivity index (χ1n) is 4.97. The Morgan fingerprint density at radius 2 is 1.39 bits per heavy atom. The van der Waals surface area contributed by atoms with Crippen molar-refractivity contribution in [2.45, 2.75) is 9.79 Å². The van der Waals surface area contributed by atoms with E-state index in [0.29, 0.717) is 6.07 Å². The third-order valence-corrected chi connectivity index (χ3v) is 4.38. The zero-order valence-electron chi connectivity index (χ0n) is 12.6. The summed E-state index contributed by atoms with van der Waals surface area (Å²) < 4.78 is 66.6. The summed E-state index contributed by atoms with van der Waals surface area (Å²) in [6, 6.07) is 3.69. The first kappa shape index (κ1) is 27.0. The molecule has 2 aromatic carbocycles. The minimum Gasteiger partial charge on any atom is -0.872 e. The van der Waals surface area contributed by atoms with Crippen molar-refractivity contribution in [2.24, 2.45) is 0 Å². The van der Waals surface area contributed by atoms with Gasteiger partial charge >= 0.3 is 110 Å². The summed E-state index contributed by atoms with van der Waals surface area (Å²) in [5.41, 5.74) is 4.77. The molecular formula is C10H6KNNa2O7S2. The molecule has 8 nitrogen and oxygen atoms in total. The number of hydrogen-bond donors (Lipinski definition) is 1. The first-order chi connectivity index (χ1) is 9.03. The molecule has 0 radical (unpaired) electrons. The van der Waals surface area contributed by atoms with Crippen LogP contribution >= 0.6 is 0 Å². The predicted molar refractivity (Wildman–Crippen MR) is 63.7 cm³/mol. The molecule has 2 N–H and O–H groups in total. The molecule has 13 heteroatoms. The standard InChI is InChI=1S/C10H9NO7S2.K.2Na/c11-10-8(20(16,17)18)4-7(19(13,14)15)5-2-1-3-6(12)9(5)10;;;/h1-4,12H,11H2,(H,13,14,15)(H,16,17,18);;;/q;3*+1/p-3. The monoisotopic (exact) mass is 401 g/mol. The fraction of sp³-hybridized carbons (Fsp3) is 0. The van der Waals surface area contributed by atoms with E-state index in [1.54, 1.807) is 0 Å². The van der Waals surface area contributed by atoms with Gasteiger partial charge in [-0.2, -0.15) is 0 Å². The average molecular weight is 401 g/mol. The van der Waals surface area contributed by atoms with Crippen LogP contribution in [0.5, 0.6) is 5.75 Å². The Kier molecular flexibility index (Phi) is 11.3. The molecule has 0 saturated carbocycles. The van der Waals surface area contributed by atoms with E-state index in [9.17, 15) is 31.0 Å². The van der Waals surface area contributed by atoms with Gasteiger partial charge in [0.1, 0.15) is 20.2 Å². The summed E-state index contributed by atoms with van der Waals surface area (Å²) in [6.07, 6.45) is 0. The minimum absolute atomic E-state index is 0. The Morgan fingerprint density at radius 3 is 1.83 bits per heavy atom. The molecule has 0 spiro atoms. The SMILES string of the molecule is Nc1c(S(=O)(=O)[O-])cc(S(=O)(=O)[O-])c2cccc([O-])c12.[K+].[Na+].[Na+]. The second kappa shape index (κ2) is 9.62. The third kappa shape index (κ3) is 5.87. The second-order valence-electron chi connectivity index (χ2n) is 3.87. The zero-order valence-corrected chi connectivity index (χ0v) is 21.3. The van der Waals surface area contributed by atoms with Crippen molar-refractivity contribution in [3.63, 3.8) is 0 Å². The van der Waals surface area contributed by atoms with E-state index >= 15 is 0 Å². The fourth-order valence-electron chi connectivity index (χ4n) is 1.83. The normalized spacial score (nSPS) is 11.0. The van der Waals surface area contributed by atoms with Crippen molar-refractivity contribution < 1.29 is 142 Å². The van der Waals surface area contributed by atoms with E-state index in [1.165, 1.54) is 6.07 Å². The molecule has 0 aromatic heterocycles. The molecular weight excluding hydrogens is 395 g/mol. The van der Waals surface area contributed by atoms with Crippen LogP contribution in [0.4, 0.5) is 5.69 Å². The van der Waals surface area contributed by atoms with Crippen LogP contribution in [-0.4, -0.2) is 25.9 Å². The van der Waals surface area contributed by atoms with Gasteiger partial charge in [0.25, 0.3) is 0 Å². The van der Waals surface area contributed by atoms with Crippen LogP contribution in [0.3, 0.4) is 0 Å². The van der Waals surface area contributed by atoms with Crippen LogP contribution < -0.4 is 121 Å². The van der Waals surface area contributed by atoms with Gasteiger partial charge in [-0.25, -0.2) is 16.8 Å². The Morgan fingerprint density at radius 1 is 0.913 bits per heavy atom. The van der Waals surface area contributed by atoms with Gasteiger partial charge in [-0.05, 0) is 11.5 Å². The predicted octanol–water partition coefficient (Wildman–Crippen LogP) is -9.68. The van der Waals surface area contributed by atoms with Crippen molar-refractivity contribution in [1.29, 1.82) is 0 Å². The Labute approximate surface area is 219 Å². The average Bonchev–Trinajstić information content (AvgIpc) is 2.25. The number of rotatable bonds is 2. The zero-order chi connectivity index (χ0) is 15.3. The molecule has 0 atom stereocenters. The molecule has 0 bridgehead atoms. The van der Waals surface area contributed by atoms with Crippen LogP contribution in [0.15, 0.2) is 34.1 Å². The molecule has 0 heterocycles. The van der Waals surface area contributed by atoms with Gasteiger partial charge in [-0.1, -0.05) is 23.9 Å². The summed E-state index contributed by atoms with van der Waals surface area (Å²) in [4.78, 5) is -2.09. The molecule has 0 aliphatic carbocycles. The maximum absolute atomic E-state index is 11.7. The van der Waals surface area contributed by atoms with Crippen LogP contribution in [0.2, 0.25) is 0 Å². The number of benzene rings is 2. The van der Waals surface area contributed by atoms with Gasteiger partial charge in [-0.3, -0.25) is 0 Å². The number of nitrogen functional groups attached to an aromatic ring is 1. The first-order valence-corrected chi connectivity index (χ1v) is 7.79. The van der Waals surface area contributed by atoms with Gasteiger partial charge in [-0.15, -0.1) is 0 Å². The Bertz CT molecular complexity index is 932. The van der Waals surface area contributed by atoms with Crippen molar-refractivity contribution in [3.8, 4) is 5.75 Å². The summed E-state index contributed by atoms with van der Waals surface area (Å²) in [5, 5.41) is 10.9. The van der Waals surface area contributed by atoms with Crippen LogP contribution in [0.1, 0.15) is 0 Å². The van der Waals surface area contributed by atoms with Crippen molar-refractivity contribution in [1.82, 2.24) is 0 Å². The van der Waals surface area contributed by atoms with E-state index in [4.69, 9.17) is 5.73 Å². The molecule has 108 valence electrons. The molecule has 0 fully saturated rings. The van der Waals surface area contributed by atoms with Crippen molar-refractivity contribution >= 4 is 36.7 Å². The van der Waals surface area contributed by atoms with Crippen molar-refractivity contribution in [2.75, 3.05) is 5.73 Å². The number of nitrogens with two attached hydrogens (primary N) is 1. The van der Waals surface area contributed by atoms with E-state index in [-0.39, 0.29) is 116 Å². The Balaban J connectivity index is 0. The summed E-state index contributed by atoms with van der Waals surface area (Å²) in [5.74, 6) is -0.796. The number of hydrogen-bond acceptors (Lipinski definition) is 8. The number of fused-ring (bicyclic) bond motifs is 1. The summed E-state index contributed by atoms with van der Waals surface area (Å²) in [7, 11) is -10.2. The summed E-state index contributed by atoms with van der Waals surface area (Å²) >= 11 is 0. The van der Waals surface area contributed by atoms with E-state index in [0.717, 1.165) is 12.1 Å². The van der Waals surface area contributed by atoms with Gasteiger partial charge in [0.2, 0.25) is 0 Å².